The molecular weight excluding hydrogens is 402 g/mol. The minimum atomic E-state index is -0.142. The van der Waals surface area contributed by atoms with Gasteiger partial charge in [-0.25, -0.2) is 9.50 Å². The highest BCUT2D eigenvalue weighted by Gasteiger charge is 2.17. The fourth-order valence-electron chi connectivity index (χ4n) is 3.66. The normalized spacial score (nSPS) is 12.0. The highest BCUT2D eigenvalue weighted by atomic mass is 16.1. The van der Waals surface area contributed by atoms with Gasteiger partial charge in [0.05, 0.1) is 5.56 Å². The summed E-state index contributed by atoms with van der Waals surface area (Å²) in [5.41, 5.74) is 9.83. The zero-order valence-electron chi connectivity index (χ0n) is 18.5. The predicted octanol–water partition coefficient (Wildman–Crippen LogP) is 3.36. The van der Waals surface area contributed by atoms with Gasteiger partial charge in [-0.15, -0.1) is 5.10 Å². The van der Waals surface area contributed by atoms with Gasteiger partial charge in [0.2, 0.25) is 5.95 Å². The maximum Gasteiger partial charge on any atom is 0.255 e. The molecule has 1 unspecified atom stereocenters. The van der Waals surface area contributed by atoms with Crippen LogP contribution in [0.5, 0.6) is 0 Å². The van der Waals surface area contributed by atoms with Crippen LogP contribution in [0.3, 0.4) is 0 Å². The van der Waals surface area contributed by atoms with Crippen molar-refractivity contribution in [2.45, 2.75) is 19.3 Å². The first-order valence-electron chi connectivity index (χ1n) is 10.5. The number of carbonyl (C=O) groups is 1. The van der Waals surface area contributed by atoms with Crippen LogP contribution in [0, 0.1) is 0 Å². The Labute approximate surface area is 187 Å². The van der Waals surface area contributed by atoms with Crippen molar-refractivity contribution in [1.29, 1.82) is 0 Å². The monoisotopic (exact) mass is 429 g/mol. The number of aromatic nitrogens is 4. The second-order valence-corrected chi connectivity index (χ2v) is 8.03. The van der Waals surface area contributed by atoms with E-state index in [1.54, 1.807) is 16.9 Å². The van der Waals surface area contributed by atoms with E-state index in [0.717, 1.165) is 17.5 Å². The molecule has 8 nitrogen and oxygen atoms in total. The molecule has 3 aromatic heterocycles. The maximum atomic E-state index is 13.1. The van der Waals surface area contributed by atoms with Gasteiger partial charge in [0.25, 0.3) is 5.91 Å². The zero-order valence-corrected chi connectivity index (χ0v) is 18.5. The molecule has 4 aromatic rings. The van der Waals surface area contributed by atoms with Gasteiger partial charge < -0.3 is 16.0 Å². The number of nitrogen functional groups attached to an aromatic ring is 1. The van der Waals surface area contributed by atoms with Crippen molar-refractivity contribution >= 4 is 23.3 Å². The van der Waals surface area contributed by atoms with E-state index >= 15 is 0 Å². The average molecular weight is 430 g/mol. The molecule has 1 aromatic carbocycles. The zero-order chi connectivity index (χ0) is 22.7. The van der Waals surface area contributed by atoms with Crippen LogP contribution in [-0.2, 0) is 0 Å². The molecule has 0 saturated carbocycles. The van der Waals surface area contributed by atoms with E-state index in [4.69, 9.17) is 5.73 Å². The van der Waals surface area contributed by atoms with E-state index in [1.165, 1.54) is 5.56 Å². The molecule has 32 heavy (non-hydrogen) atoms. The number of anilines is 2. The van der Waals surface area contributed by atoms with E-state index in [0.29, 0.717) is 29.5 Å². The molecule has 164 valence electrons. The van der Waals surface area contributed by atoms with Gasteiger partial charge in [0, 0.05) is 38.6 Å². The van der Waals surface area contributed by atoms with Gasteiger partial charge >= 0.3 is 0 Å². The molecule has 0 aliphatic carbocycles. The molecule has 1 atom stereocenters. The number of benzene rings is 1. The number of nitrogens with zero attached hydrogens (tertiary/aromatic N) is 5. The first-order valence-corrected chi connectivity index (χ1v) is 10.5. The Morgan fingerprint density at radius 3 is 2.69 bits per heavy atom. The topological polar surface area (TPSA) is 101 Å². The van der Waals surface area contributed by atoms with Crippen molar-refractivity contribution in [3.8, 4) is 11.1 Å². The third kappa shape index (κ3) is 4.54. The van der Waals surface area contributed by atoms with Gasteiger partial charge in [0.1, 0.15) is 5.82 Å². The van der Waals surface area contributed by atoms with E-state index in [1.807, 2.05) is 55.4 Å². The first kappa shape index (κ1) is 21.3. The van der Waals surface area contributed by atoms with Crippen LogP contribution in [0.25, 0.3) is 16.8 Å². The summed E-state index contributed by atoms with van der Waals surface area (Å²) in [4.78, 5) is 23.7. The number of hydrogen-bond acceptors (Lipinski definition) is 6. The molecule has 1 amide bonds. The van der Waals surface area contributed by atoms with Crippen LogP contribution in [-0.4, -0.2) is 46.1 Å². The molecule has 3 heterocycles. The molecule has 3 N–H and O–H groups in total. The summed E-state index contributed by atoms with van der Waals surface area (Å²) in [6.07, 6.45) is 4.40. The number of hydrogen-bond donors (Lipinski definition) is 2. The van der Waals surface area contributed by atoms with E-state index in [-0.39, 0.29) is 11.9 Å². The lowest BCUT2D eigenvalue weighted by Gasteiger charge is -2.18. The minimum absolute atomic E-state index is 0.142. The molecule has 4 rings (SSSR count). The van der Waals surface area contributed by atoms with Crippen molar-refractivity contribution in [2.75, 3.05) is 31.3 Å². The minimum Gasteiger partial charge on any atom is -0.366 e. The molecule has 0 radical (unpaired) electrons. The Balaban J connectivity index is 1.53. The number of fused-ring (bicyclic) bond motifs is 1. The largest absolute Gasteiger partial charge is 0.366 e. The third-order valence-corrected chi connectivity index (χ3v) is 5.45. The molecule has 0 bridgehead atoms. The van der Waals surface area contributed by atoms with Crippen molar-refractivity contribution in [3.05, 3.63) is 72.1 Å². The van der Waals surface area contributed by atoms with Gasteiger partial charge in [-0.2, -0.15) is 4.98 Å². The number of pyridine rings is 2. The standard InChI is InChI=1S/C24H27N7O/c1-16(17-7-5-4-6-8-17)9-11-26-23(32)20-13-19(15-27-22(20)30(2)3)18-10-12-31-21(14-18)28-24(25)29-31/h4-8,10,12-16H,9,11H2,1-3H3,(H2,25,29)(H,26,32). The summed E-state index contributed by atoms with van der Waals surface area (Å²) < 4.78 is 1.61. The second kappa shape index (κ2) is 9.05. The van der Waals surface area contributed by atoms with Crippen molar-refractivity contribution in [3.63, 3.8) is 0 Å². The number of nitrogens with one attached hydrogen (secondary N) is 1. The summed E-state index contributed by atoms with van der Waals surface area (Å²) in [7, 11) is 3.75. The van der Waals surface area contributed by atoms with Crippen LogP contribution >= 0.6 is 0 Å². The van der Waals surface area contributed by atoms with Crippen molar-refractivity contribution < 1.29 is 4.79 Å². The summed E-state index contributed by atoms with van der Waals surface area (Å²) in [5, 5.41) is 7.16. The SMILES string of the molecule is CC(CCNC(=O)c1cc(-c2ccn3nc(N)nc3c2)cnc1N(C)C)c1ccccc1. The smallest absolute Gasteiger partial charge is 0.255 e. The van der Waals surface area contributed by atoms with Crippen molar-refractivity contribution in [2.24, 2.45) is 0 Å². The molecule has 0 aliphatic heterocycles. The quantitative estimate of drug-likeness (QED) is 0.467. The molecular formula is C24H27N7O. The number of amides is 1. The predicted molar refractivity (Wildman–Crippen MR) is 127 cm³/mol. The highest BCUT2D eigenvalue weighted by molar-refractivity contribution is 6.00. The maximum absolute atomic E-state index is 13.1. The summed E-state index contributed by atoms with van der Waals surface area (Å²) in [6.45, 7) is 2.75. The Morgan fingerprint density at radius 1 is 1.16 bits per heavy atom. The number of nitrogens with two attached hydrogens (primary N) is 1. The molecule has 0 aliphatic rings. The van der Waals surface area contributed by atoms with Crippen LogP contribution in [0.15, 0.2) is 60.9 Å². The fraction of sp³-hybridized carbons (Fsp3) is 0.250. The van der Waals surface area contributed by atoms with Crippen LogP contribution in [0.4, 0.5) is 11.8 Å². The van der Waals surface area contributed by atoms with Crippen LogP contribution in [0.2, 0.25) is 0 Å². The lowest BCUT2D eigenvalue weighted by molar-refractivity contribution is 0.0953. The second-order valence-electron chi connectivity index (χ2n) is 8.03. The molecule has 8 heteroatoms. The fourth-order valence-corrected chi connectivity index (χ4v) is 3.66. The average Bonchev–Trinajstić information content (AvgIpc) is 3.18. The van der Waals surface area contributed by atoms with E-state index < -0.39 is 0 Å². The molecule has 0 saturated heterocycles. The van der Waals surface area contributed by atoms with Gasteiger partial charge in [-0.1, -0.05) is 37.3 Å². The molecule has 0 fully saturated rings. The van der Waals surface area contributed by atoms with Crippen LogP contribution < -0.4 is 16.0 Å². The summed E-state index contributed by atoms with van der Waals surface area (Å²) in [6, 6.07) is 16.0. The Hall–Kier alpha value is -3.94. The number of rotatable bonds is 7. The van der Waals surface area contributed by atoms with Crippen LogP contribution in [0.1, 0.15) is 35.2 Å². The number of carbonyl (C=O) groups excluding carboxylic acids is 1. The summed E-state index contributed by atoms with van der Waals surface area (Å²) in [5.74, 6) is 1.05. The first-order chi connectivity index (χ1) is 15.4. The summed E-state index contributed by atoms with van der Waals surface area (Å²) >= 11 is 0. The molecule has 0 spiro atoms. The Bertz CT molecular complexity index is 1230. The van der Waals surface area contributed by atoms with Gasteiger partial charge in [0.15, 0.2) is 5.65 Å². The lowest BCUT2D eigenvalue weighted by atomic mass is 9.98. The van der Waals surface area contributed by atoms with Gasteiger partial charge in [-0.05, 0) is 41.7 Å². The lowest BCUT2D eigenvalue weighted by Crippen LogP contribution is -2.28. The Kier molecular flexibility index (Phi) is 6.02. The van der Waals surface area contributed by atoms with Gasteiger partial charge in [-0.3, -0.25) is 4.79 Å². The van der Waals surface area contributed by atoms with E-state index in [9.17, 15) is 4.79 Å². The third-order valence-electron chi connectivity index (χ3n) is 5.45. The Morgan fingerprint density at radius 2 is 1.94 bits per heavy atom. The van der Waals surface area contributed by atoms with Crippen molar-refractivity contribution in [1.82, 2.24) is 24.9 Å². The van der Waals surface area contributed by atoms with E-state index in [2.05, 4.69) is 39.4 Å². The highest BCUT2D eigenvalue weighted by Crippen LogP contribution is 2.25.